The number of rotatable bonds is 6. The predicted molar refractivity (Wildman–Crippen MR) is 276 cm³/mol. The first-order valence-corrected chi connectivity index (χ1v) is 23.2. The maximum absolute atomic E-state index is 2.50. The van der Waals surface area contributed by atoms with E-state index in [0.29, 0.717) is 0 Å². The molecule has 0 unspecified atom stereocenters. The molecule has 0 saturated heterocycles. The summed E-state index contributed by atoms with van der Waals surface area (Å²) in [5.41, 5.74) is 27.3. The van der Waals surface area contributed by atoms with Gasteiger partial charge in [0.15, 0.2) is 0 Å². The highest BCUT2D eigenvalue weighted by atomic mass is 15.1. The lowest BCUT2D eigenvalue weighted by atomic mass is 9.70. The molecule has 0 amide bonds. The second-order valence-electron chi connectivity index (χ2n) is 18.9. The van der Waals surface area contributed by atoms with Gasteiger partial charge in [-0.05, 0) is 161 Å². The summed E-state index contributed by atoms with van der Waals surface area (Å²) in [6.07, 6.45) is 0. The van der Waals surface area contributed by atoms with Crippen LogP contribution >= 0.6 is 0 Å². The predicted octanol–water partition coefficient (Wildman–Crippen LogP) is 17.1. The summed E-state index contributed by atoms with van der Waals surface area (Å²) in [6.45, 7) is 6.99. The molecule has 66 heavy (non-hydrogen) atoms. The first-order chi connectivity index (χ1) is 32.4. The van der Waals surface area contributed by atoms with Crippen molar-refractivity contribution in [1.82, 2.24) is 0 Å². The number of anilines is 3. The zero-order valence-electron chi connectivity index (χ0n) is 37.4. The van der Waals surface area contributed by atoms with Gasteiger partial charge in [-0.15, -0.1) is 0 Å². The normalized spacial score (nSPS) is 13.9. The lowest BCUT2D eigenvalue weighted by Crippen LogP contribution is -2.25. The number of benzene rings is 10. The van der Waals surface area contributed by atoms with Gasteiger partial charge in [0.25, 0.3) is 0 Å². The van der Waals surface area contributed by atoms with Crippen LogP contribution in [0.2, 0.25) is 0 Å². The molecule has 10 aromatic rings. The Morgan fingerprint density at radius 3 is 1.29 bits per heavy atom. The highest BCUT2D eigenvalue weighted by molar-refractivity contribution is 5.97. The van der Waals surface area contributed by atoms with Crippen LogP contribution in [0.5, 0.6) is 0 Å². The van der Waals surface area contributed by atoms with Gasteiger partial charge in [-0.2, -0.15) is 0 Å². The van der Waals surface area contributed by atoms with Crippen molar-refractivity contribution >= 4 is 17.1 Å². The largest absolute Gasteiger partial charge is 0.310 e. The second kappa shape index (κ2) is 14.5. The van der Waals surface area contributed by atoms with E-state index in [9.17, 15) is 0 Å². The van der Waals surface area contributed by atoms with Crippen molar-refractivity contribution in [2.45, 2.75) is 31.6 Å². The summed E-state index contributed by atoms with van der Waals surface area (Å²) in [5, 5.41) is 0. The molecular formula is C65H47N. The van der Waals surface area contributed by atoms with Crippen molar-refractivity contribution in [1.29, 1.82) is 0 Å². The van der Waals surface area contributed by atoms with E-state index < -0.39 is 0 Å². The van der Waals surface area contributed by atoms with Crippen molar-refractivity contribution in [2.24, 2.45) is 0 Å². The highest BCUT2D eigenvalue weighted by Gasteiger charge is 2.51. The number of hydrogen-bond donors (Lipinski definition) is 0. The lowest BCUT2D eigenvalue weighted by molar-refractivity contribution is 0.660. The fourth-order valence-corrected chi connectivity index (χ4v) is 12.0. The molecule has 0 aliphatic heterocycles. The summed E-state index contributed by atoms with van der Waals surface area (Å²) in [7, 11) is 0. The van der Waals surface area contributed by atoms with Crippen molar-refractivity contribution in [3.05, 3.63) is 269 Å². The lowest BCUT2D eigenvalue weighted by Gasteiger charge is -2.30. The molecule has 13 rings (SSSR count). The standard InChI is InChI=1S/C65H47N/c1-42-34-46(45-30-33-62-57(40-45)55-25-13-17-29-61(55)65(62)59-27-15-11-23-53(59)54-24-12-16-28-60(54)65)37-50(35-42)66(49-31-32-56-52-22-10-14-26-58(52)64(2,3)63(56)41-49)51-38-47(43-18-6-4-7-19-43)36-48(39-51)44-20-8-5-9-21-44/h4-41H,1-3H3. The van der Waals surface area contributed by atoms with Crippen LogP contribution in [0.15, 0.2) is 231 Å². The molecule has 0 radical (unpaired) electrons. The second-order valence-corrected chi connectivity index (χ2v) is 18.9. The van der Waals surface area contributed by atoms with Gasteiger partial charge in [0.2, 0.25) is 0 Å². The molecule has 1 nitrogen and oxygen atoms in total. The monoisotopic (exact) mass is 841 g/mol. The Hall–Kier alpha value is -8.00. The molecule has 3 aliphatic rings. The smallest absolute Gasteiger partial charge is 0.0725 e. The summed E-state index contributed by atoms with van der Waals surface area (Å²) in [6, 6.07) is 86.4. The van der Waals surface area contributed by atoms with E-state index >= 15 is 0 Å². The van der Waals surface area contributed by atoms with E-state index in [2.05, 4.69) is 256 Å². The molecule has 0 saturated carbocycles. The zero-order valence-corrected chi connectivity index (χ0v) is 37.4. The Bertz CT molecular complexity index is 3470. The van der Waals surface area contributed by atoms with E-state index in [1.165, 1.54) is 106 Å². The molecule has 0 bridgehead atoms. The van der Waals surface area contributed by atoms with Crippen LogP contribution in [0, 0.1) is 6.92 Å². The van der Waals surface area contributed by atoms with Gasteiger partial charge in [-0.25, -0.2) is 0 Å². The van der Waals surface area contributed by atoms with Crippen molar-refractivity contribution in [2.75, 3.05) is 4.90 Å². The van der Waals surface area contributed by atoms with Gasteiger partial charge in [-0.1, -0.05) is 196 Å². The Morgan fingerprint density at radius 1 is 0.273 bits per heavy atom. The Kier molecular flexibility index (Phi) is 8.45. The molecule has 3 aliphatic carbocycles. The third-order valence-corrected chi connectivity index (χ3v) is 14.9. The third-order valence-electron chi connectivity index (χ3n) is 14.9. The zero-order chi connectivity index (χ0) is 44.1. The third kappa shape index (κ3) is 5.60. The van der Waals surface area contributed by atoms with Crippen molar-refractivity contribution in [3.63, 3.8) is 0 Å². The number of hydrogen-bond acceptors (Lipinski definition) is 1. The minimum absolute atomic E-state index is 0.148. The molecule has 0 atom stereocenters. The summed E-state index contributed by atoms with van der Waals surface area (Å²) in [5.74, 6) is 0. The minimum atomic E-state index is -0.368. The van der Waals surface area contributed by atoms with Crippen LogP contribution in [-0.4, -0.2) is 0 Å². The van der Waals surface area contributed by atoms with E-state index in [0.717, 1.165) is 17.1 Å². The van der Waals surface area contributed by atoms with Crippen LogP contribution in [0.3, 0.4) is 0 Å². The molecule has 0 aromatic heterocycles. The summed E-state index contributed by atoms with van der Waals surface area (Å²) >= 11 is 0. The van der Waals surface area contributed by atoms with Gasteiger partial charge in [-0.3, -0.25) is 0 Å². The molecule has 0 N–H and O–H groups in total. The first kappa shape index (κ1) is 38.5. The molecule has 0 fully saturated rings. The minimum Gasteiger partial charge on any atom is -0.310 e. The summed E-state index contributed by atoms with van der Waals surface area (Å²) < 4.78 is 0. The first-order valence-electron chi connectivity index (χ1n) is 23.2. The van der Waals surface area contributed by atoms with Crippen molar-refractivity contribution in [3.8, 4) is 66.8 Å². The van der Waals surface area contributed by atoms with Crippen LogP contribution in [0.1, 0.15) is 52.8 Å². The SMILES string of the molecule is Cc1cc(-c2ccc3c(c2)-c2ccccc2C32c3ccccc3-c3ccccc32)cc(N(c2cc(-c3ccccc3)cc(-c3ccccc3)c2)c2ccc3c(c2)C(C)(C)c2ccccc2-3)c1. The van der Waals surface area contributed by atoms with Gasteiger partial charge >= 0.3 is 0 Å². The van der Waals surface area contributed by atoms with Crippen LogP contribution in [0.25, 0.3) is 66.8 Å². The molecule has 1 heteroatoms. The number of fused-ring (bicyclic) bond motifs is 13. The Balaban J connectivity index is 1.02. The summed E-state index contributed by atoms with van der Waals surface area (Å²) in [4.78, 5) is 2.50. The Labute approximate surface area is 388 Å². The van der Waals surface area contributed by atoms with E-state index in [1.807, 2.05) is 0 Å². The maximum atomic E-state index is 2.50. The fraction of sp³-hybridized carbons (Fsp3) is 0.0769. The maximum Gasteiger partial charge on any atom is 0.0725 e. The highest BCUT2D eigenvalue weighted by Crippen LogP contribution is 2.63. The molecule has 0 heterocycles. The van der Waals surface area contributed by atoms with Crippen LogP contribution in [-0.2, 0) is 10.8 Å². The van der Waals surface area contributed by atoms with Gasteiger partial charge < -0.3 is 4.90 Å². The average Bonchev–Trinajstić information content (AvgIpc) is 3.92. The van der Waals surface area contributed by atoms with Crippen molar-refractivity contribution < 1.29 is 0 Å². The topological polar surface area (TPSA) is 3.24 Å². The molecule has 1 spiro atoms. The van der Waals surface area contributed by atoms with E-state index in [4.69, 9.17) is 0 Å². The quantitative estimate of drug-likeness (QED) is 0.161. The van der Waals surface area contributed by atoms with Gasteiger partial charge in [0.05, 0.1) is 5.41 Å². The Morgan fingerprint density at radius 2 is 0.712 bits per heavy atom. The molecular weight excluding hydrogens is 795 g/mol. The van der Waals surface area contributed by atoms with E-state index in [1.54, 1.807) is 0 Å². The van der Waals surface area contributed by atoms with Crippen LogP contribution < -0.4 is 4.90 Å². The molecule has 312 valence electrons. The fourth-order valence-electron chi connectivity index (χ4n) is 12.0. The van der Waals surface area contributed by atoms with E-state index in [-0.39, 0.29) is 10.8 Å². The molecule has 10 aromatic carbocycles. The van der Waals surface area contributed by atoms with Gasteiger partial charge in [0.1, 0.15) is 0 Å². The number of nitrogens with zero attached hydrogens (tertiary/aromatic N) is 1. The average molecular weight is 842 g/mol. The van der Waals surface area contributed by atoms with Gasteiger partial charge in [0, 0.05) is 22.5 Å². The number of aryl methyl sites for hydroxylation is 1. The van der Waals surface area contributed by atoms with Crippen LogP contribution in [0.4, 0.5) is 17.1 Å².